The van der Waals surface area contributed by atoms with Gasteiger partial charge in [0.15, 0.2) is 0 Å². The number of hydrogen-bond acceptors (Lipinski definition) is 3. The van der Waals surface area contributed by atoms with Crippen molar-refractivity contribution in [3.63, 3.8) is 0 Å². The molecular weight excluding hydrogens is 378 g/mol. The summed E-state index contributed by atoms with van der Waals surface area (Å²) in [6.45, 7) is 3.96. The van der Waals surface area contributed by atoms with Crippen molar-refractivity contribution in [2.45, 2.75) is 26.2 Å². The van der Waals surface area contributed by atoms with E-state index in [1.807, 2.05) is 38.1 Å². The first-order valence-electron chi connectivity index (χ1n) is 9.98. The Balaban J connectivity index is 1.51. The molecule has 0 unspecified atom stereocenters. The van der Waals surface area contributed by atoms with Crippen LogP contribution in [0.1, 0.15) is 45.5 Å². The van der Waals surface area contributed by atoms with Gasteiger partial charge in [-0.1, -0.05) is 55.5 Å². The van der Waals surface area contributed by atoms with Gasteiger partial charge in [0.2, 0.25) is 0 Å². The van der Waals surface area contributed by atoms with Crippen LogP contribution in [0.15, 0.2) is 60.7 Å². The van der Waals surface area contributed by atoms with E-state index in [4.69, 9.17) is 4.74 Å². The van der Waals surface area contributed by atoms with Crippen LogP contribution in [-0.2, 0) is 11.2 Å². The summed E-state index contributed by atoms with van der Waals surface area (Å²) in [4.78, 5) is 24.0. The van der Waals surface area contributed by atoms with E-state index in [0.29, 0.717) is 12.1 Å². The number of benzene rings is 3. The molecule has 0 atom stereocenters. The van der Waals surface area contributed by atoms with Gasteiger partial charge in [0.1, 0.15) is 6.61 Å². The van der Waals surface area contributed by atoms with Crippen molar-refractivity contribution in [2.75, 3.05) is 11.9 Å². The summed E-state index contributed by atoms with van der Waals surface area (Å²) in [7, 11) is 0. The summed E-state index contributed by atoms with van der Waals surface area (Å²) in [5.41, 5.74) is 6.82. The fourth-order valence-corrected chi connectivity index (χ4v) is 4.30. The molecule has 152 valence electrons. The second-order valence-corrected chi connectivity index (χ2v) is 7.43. The lowest BCUT2D eigenvalue weighted by Crippen LogP contribution is -2.18. The minimum Gasteiger partial charge on any atom is -0.478 e. The van der Waals surface area contributed by atoms with E-state index in [2.05, 4.69) is 29.6 Å². The Hall–Kier alpha value is -3.60. The summed E-state index contributed by atoms with van der Waals surface area (Å²) >= 11 is 0. The smallest absolute Gasteiger partial charge is 0.411 e. The van der Waals surface area contributed by atoms with Crippen LogP contribution in [0, 0.1) is 6.92 Å². The third kappa shape index (κ3) is 3.54. The van der Waals surface area contributed by atoms with Gasteiger partial charge >= 0.3 is 12.1 Å². The van der Waals surface area contributed by atoms with Gasteiger partial charge < -0.3 is 9.84 Å². The summed E-state index contributed by atoms with van der Waals surface area (Å²) < 4.78 is 5.54. The van der Waals surface area contributed by atoms with Crippen LogP contribution in [0.25, 0.3) is 11.1 Å². The molecule has 0 aromatic heterocycles. The van der Waals surface area contributed by atoms with Gasteiger partial charge in [-0.05, 0) is 58.9 Å². The first kappa shape index (κ1) is 19.7. The fourth-order valence-electron chi connectivity index (χ4n) is 4.30. The molecule has 0 heterocycles. The maximum absolute atomic E-state index is 12.5. The molecule has 0 spiro atoms. The molecule has 1 aliphatic rings. The predicted molar refractivity (Wildman–Crippen MR) is 116 cm³/mol. The number of carbonyl (C=O) groups is 2. The standard InChI is InChI=1S/C25H23NO4/c1-3-17-15(2)12-16(13-22(17)24(27)28)26-25(29)30-14-23-20-10-6-4-8-18(20)19-9-5-7-11-21(19)23/h4-13,23H,3,14H2,1-2H3,(H,26,29)(H,27,28). The van der Waals surface area contributed by atoms with E-state index >= 15 is 0 Å². The van der Waals surface area contributed by atoms with Crippen LogP contribution in [0.5, 0.6) is 0 Å². The Bertz CT molecular complexity index is 1090. The summed E-state index contributed by atoms with van der Waals surface area (Å²) in [5, 5.41) is 12.1. The minimum atomic E-state index is -1.01. The van der Waals surface area contributed by atoms with Gasteiger partial charge in [-0.15, -0.1) is 0 Å². The molecule has 2 N–H and O–H groups in total. The van der Waals surface area contributed by atoms with Crippen LogP contribution in [0.3, 0.4) is 0 Å². The molecule has 5 heteroatoms. The van der Waals surface area contributed by atoms with E-state index in [9.17, 15) is 14.7 Å². The molecule has 3 aromatic carbocycles. The number of nitrogens with one attached hydrogen (secondary N) is 1. The number of carbonyl (C=O) groups excluding carboxylic acids is 1. The Labute approximate surface area is 175 Å². The third-order valence-electron chi connectivity index (χ3n) is 5.65. The lowest BCUT2D eigenvalue weighted by molar-refractivity contribution is 0.0695. The zero-order valence-corrected chi connectivity index (χ0v) is 16.9. The number of carboxylic acids is 1. The van der Waals surface area contributed by atoms with Gasteiger partial charge in [-0.3, -0.25) is 5.32 Å². The largest absolute Gasteiger partial charge is 0.478 e. The maximum Gasteiger partial charge on any atom is 0.411 e. The summed E-state index contributed by atoms with van der Waals surface area (Å²) in [6.07, 6.45) is 0.00967. The summed E-state index contributed by atoms with van der Waals surface area (Å²) in [5.74, 6) is -1.03. The highest BCUT2D eigenvalue weighted by Gasteiger charge is 2.29. The highest BCUT2D eigenvalue weighted by molar-refractivity contribution is 5.93. The average molecular weight is 401 g/mol. The van der Waals surface area contributed by atoms with Gasteiger partial charge in [0, 0.05) is 11.6 Å². The normalized spacial score (nSPS) is 12.2. The van der Waals surface area contributed by atoms with Crippen molar-refractivity contribution >= 4 is 17.7 Å². The van der Waals surface area contributed by atoms with E-state index in [-0.39, 0.29) is 18.1 Å². The Morgan fingerprint density at radius 3 is 2.17 bits per heavy atom. The van der Waals surface area contributed by atoms with Crippen LogP contribution < -0.4 is 5.32 Å². The van der Waals surface area contributed by atoms with Gasteiger partial charge in [0.05, 0.1) is 5.56 Å². The predicted octanol–water partition coefficient (Wildman–Crippen LogP) is 5.62. The number of amides is 1. The maximum atomic E-state index is 12.5. The molecule has 3 aromatic rings. The molecule has 0 saturated carbocycles. The first-order valence-corrected chi connectivity index (χ1v) is 9.98. The molecule has 0 bridgehead atoms. The van der Waals surface area contributed by atoms with Gasteiger partial charge in [0.25, 0.3) is 0 Å². The number of fused-ring (bicyclic) bond motifs is 3. The molecule has 4 rings (SSSR count). The molecule has 0 aliphatic heterocycles. The Morgan fingerprint density at radius 2 is 1.60 bits per heavy atom. The highest BCUT2D eigenvalue weighted by atomic mass is 16.5. The van der Waals surface area contributed by atoms with Crippen molar-refractivity contribution in [2.24, 2.45) is 0 Å². The number of anilines is 1. The summed E-state index contributed by atoms with van der Waals surface area (Å²) in [6, 6.07) is 19.5. The van der Waals surface area contributed by atoms with Crippen LogP contribution in [0.4, 0.5) is 10.5 Å². The number of rotatable bonds is 5. The minimum absolute atomic E-state index is 0.0260. The number of carboxylic acid groups (broad SMARTS) is 1. The average Bonchev–Trinajstić information content (AvgIpc) is 3.05. The van der Waals surface area contributed by atoms with E-state index in [1.165, 1.54) is 17.2 Å². The first-order chi connectivity index (χ1) is 14.5. The van der Waals surface area contributed by atoms with Crippen LogP contribution in [-0.4, -0.2) is 23.8 Å². The Kier molecular flexibility index (Phi) is 5.27. The zero-order chi connectivity index (χ0) is 21.3. The Morgan fingerprint density at radius 1 is 1.00 bits per heavy atom. The number of aromatic carboxylic acids is 1. The topological polar surface area (TPSA) is 75.6 Å². The van der Waals surface area contributed by atoms with E-state index in [0.717, 1.165) is 22.3 Å². The van der Waals surface area contributed by atoms with Gasteiger partial charge in [-0.2, -0.15) is 0 Å². The van der Waals surface area contributed by atoms with Crippen molar-refractivity contribution in [3.05, 3.63) is 88.5 Å². The quantitative estimate of drug-likeness (QED) is 0.582. The molecule has 1 aliphatic carbocycles. The molecular formula is C25H23NO4. The van der Waals surface area contributed by atoms with Crippen molar-refractivity contribution in [1.29, 1.82) is 0 Å². The van der Waals surface area contributed by atoms with Crippen LogP contribution in [0.2, 0.25) is 0 Å². The molecule has 0 radical (unpaired) electrons. The fraction of sp³-hybridized carbons (Fsp3) is 0.200. The highest BCUT2D eigenvalue weighted by Crippen LogP contribution is 2.44. The van der Waals surface area contributed by atoms with Crippen molar-refractivity contribution in [1.82, 2.24) is 0 Å². The number of ether oxygens (including phenoxy) is 1. The van der Waals surface area contributed by atoms with Crippen molar-refractivity contribution in [3.8, 4) is 11.1 Å². The monoisotopic (exact) mass is 401 g/mol. The molecule has 0 saturated heterocycles. The number of aryl methyl sites for hydroxylation is 1. The molecule has 30 heavy (non-hydrogen) atoms. The molecule has 1 amide bonds. The van der Waals surface area contributed by atoms with Crippen molar-refractivity contribution < 1.29 is 19.4 Å². The zero-order valence-electron chi connectivity index (χ0n) is 16.9. The lowest BCUT2D eigenvalue weighted by atomic mass is 9.98. The SMILES string of the molecule is CCc1c(C)cc(NC(=O)OCC2c3ccccc3-c3ccccc32)cc1C(=O)O. The van der Waals surface area contributed by atoms with Gasteiger partial charge in [-0.25, -0.2) is 9.59 Å². The molecule has 0 fully saturated rings. The second-order valence-electron chi connectivity index (χ2n) is 7.43. The van der Waals surface area contributed by atoms with E-state index in [1.54, 1.807) is 6.07 Å². The lowest BCUT2D eigenvalue weighted by Gasteiger charge is -2.16. The van der Waals surface area contributed by atoms with Crippen LogP contribution >= 0.6 is 0 Å². The number of hydrogen-bond donors (Lipinski definition) is 2. The second kappa shape index (κ2) is 8.03. The van der Waals surface area contributed by atoms with E-state index < -0.39 is 12.1 Å². The third-order valence-corrected chi connectivity index (χ3v) is 5.65. The molecule has 5 nitrogen and oxygen atoms in total.